The van der Waals surface area contributed by atoms with Crippen LogP contribution in [-0.2, 0) is 0 Å². The highest BCUT2D eigenvalue weighted by Gasteiger charge is 2.03. The predicted octanol–water partition coefficient (Wildman–Crippen LogP) is 8.12. The summed E-state index contributed by atoms with van der Waals surface area (Å²) in [4.78, 5) is 0. The van der Waals surface area contributed by atoms with E-state index >= 15 is 0 Å². The van der Waals surface area contributed by atoms with Gasteiger partial charge >= 0.3 is 0 Å². The molecular weight excluding hydrogens is 276 g/mol. The van der Waals surface area contributed by atoms with Gasteiger partial charge < -0.3 is 0 Å². The largest absolute Gasteiger partial charge is 0.126 e. The van der Waals surface area contributed by atoms with E-state index in [9.17, 15) is 0 Å². The average molecular weight is 317 g/mol. The molecule has 0 aromatic carbocycles. The molecule has 0 bridgehead atoms. The van der Waals surface area contributed by atoms with Gasteiger partial charge in [-0.05, 0) is 12.3 Å². The van der Waals surface area contributed by atoms with Crippen molar-refractivity contribution in [3.8, 4) is 0 Å². The average Bonchev–Trinajstić information content (AvgIpc) is 2.51. The zero-order valence-electron chi connectivity index (χ0n) is 15.0. The van der Waals surface area contributed by atoms with Crippen molar-refractivity contribution in [1.82, 2.24) is 0 Å². The Morgan fingerprint density at radius 2 is 0.952 bits per heavy atom. The third kappa shape index (κ3) is 16.5. The lowest BCUT2D eigenvalue weighted by atomic mass is 9.99. The van der Waals surface area contributed by atoms with Crippen LogP contribution in [0.15, 0.2) is 0 Å². The molecule has 0 radical (unpaired) electrons. The monoisotopic (exact) mass is 316 g/mol. The Hall–Kier alpha value is 0.290. The minimum Gasteiger partial charge on any atom is -0.126 e. The Labute approximate surface area is 140 Å². The van der Waals surface area contributed by atoms with Gasteiger partial charge in [-0.1, -0.05) is 110 Å². The second-order valence-electron chi connectivity index (χ2n) is 6.81. The molecule has 0 aromatic rings. The van der Waals surface area contributed by atoms with E-state index in [0.29, 0.717) is 0 Å². The van der Waals surface area contributed by atoms with E-state index in [4.69, 9.17) is 11.6 Å². The van der Waals surface area contributed by atoms with Gasteiger partial charge in [0.2, 0.25) is 0 Å². The second-order valence-corrected chi connectivity index (χ2v) is 7.12. The first-order valence-corrected chi connectivity index (χ1v) is 10.4. The van der Waals surface area contributed by atoms with Gasteiger partial charge in [0, 0.05) is 5.88 Å². The molecule has 1 unspecified atom stereocenters. The summed E-state index contributed by atoms with van der Waals surface area (Å²) in [6.45, 7) is 4.55. The first kappa shape index (κ1) is 21.3. The molecule has 0 N–H and O–H groups in total. The SMILES string of the molecule is CCCCCCCCCCCCCCCCC(CC)CCl. The molecule has 0 saturated heterocycles. The van der Waals surface area contributed by atoms with E-state index in [-0.39, 0.29) is 0 Å². The van der Waals surface area contributed by atoms with E-state index in [1.165, 1.54) is 103 Å². The molecule has 0 amide bonds. The number of alkyl halides is 1. The molecule has 0 spiro atoms. The molecule has 0 aliphatic heterocycles. The van der Waals surface area contributed by atoms with Gasteiger partial charge in [0.05, 0.1) is 0 Å². The number of rotatable bonds is 17. The Bertz CT molecular complexity index is 175. The molecule has 0 aromatic heterocycles. The highest BCUT2D eigenvalue weighted by molar-refractivity contribution is 6.18. The van der Waals surface area contributed by atoms with E-state index < -0.39 is 0 Å². The topological polar surface area (TPSA) is 0 Å². The molecule has 0 heterocycles. The normalized spacial score (nSPS) is 12.7. The van der Waals surface area contributed by atoms with Crippen molar-refractivity contribution in [3.05, 3.63) is 0 Å². The maximum atomic E-state index is 5.93. The Kier molecular flexibility index (Phi) is 18.6. The van der Waals surface area contributed by atoms with Crippen LogP contribution < -0.4 is 0 Å². The van der Waals surface area contributed by atoms with Crippen molar-refractivity contribution in [2.45, 2.75) is 117 Å². The van der Waals surface area contributed by atoms with Crippen LogP contribution in [0.1, 0.15) is 117 Å². The van der Waals surface area contributed by atoms with E-state index in [1.54, 1.807) is 0 Å². The molecular formula is C20H41Cl. The molecule has 0 saturated carbocycles. The van der Waals surface area contributed by atoms with Gasteiger partial charge in [-0.3, -0.25) is 0 Å². The van der Waals surface area contributed by atoms with Crippen LogP contribution >= 0.6 is 11.6 Å². The fourth-order valence-electron chi connectivity index (χ4n) is 3.02. The third-order valence-electron chi connectivity index (χ3n) is 4.76. The van der Waals surface area contributed by atoms with Crippen molar-refractivity contribution < 1.29 is 0 Å². The standard InChI is InChI=1S/C20H41Cl/c1-3-5-6-7-8-9-10-11-12-13-14-15-16-17-18-20(4-2)19-21/h20H,3-19H2,1-2H3. The first-order chi connectivity index (χ1) is 10.3. The molecule has 1 atom stereocenters. The van der Waals surface area contributed by atoms with Crippen molar-refractivity contribution >= 4 is 11.6 Å². The fraction of sp³-hybridized carbons (Fsp3) is 1.00. The number of halogens is 1. The highest BCUT2D eigenvalue weighted by atomic mass is 35.5. The molecule has 128 valence electrons. The quantitative estimate of drug-likeness (QED) is 0.188. The lowest BCUT2D eigenvalue weighted by molar-refractivity contribution is 0.472. The van der Waals surface area contributed by atoms with Crippen LogP contribution in [0.5, 0.6) is 0 Å². The van der Waals surface area contributed by atoms with E-state index in [1.807, 2.05) is 0 Å². The molecule has 21 heavy (non-hydrogen) atoms. The summed E-state index contributed by atoms with van der Waals surface area (Å²) < 4.78 is 0. The summed E-state index contributed by atoms with van der Waals surface area (Å²) in [6, 6.07) is 0. The lowest BCUT2D eigenvalue weighted by Crippen LogP contribution is -1.99. The molecule has 0 fully saturated rings. The Morgan fingerprint density at radius 3 is 1.29 bits per heavy atom. The highest BCUT2D eigenvalue weighted by Crippen LogP contribution is 2.17. The first-order valence-electron chi connectivity index (χ1n) is 9.91. The van der Waals surface area contributed by atoms with Crippen LogP contribution in [-0.4, -0.2) is 5.88 Å². The second kappa shape index (κ2) is 18.3. The molecule has 0 rings (SSSR count). The van der Waals surface area contributed by atoms with Gasteiger partial charge in [0.25, 0.3) is 0 Å². The number of unbranched alkanes of at least 4 members (excludes halogenated alkanes) is 13. The fourth-order valence-corrected chi connectivity index (χ4v) is 3.39. The van der Waals surface area contributed by atoms with Gasteiger partial charge in [0.1, 0.15) is 0 Å². The zero-order valence-corrected chi connectivity index (χ0v) is 15.7. The van der Waals surface area contributed by atoms with Crippen molar-refractivity contribution in [1.29, 1.82) is 0 Å². The number of hydrogen-bond acceptors (Lipinski definition) is 0. The van der Waals surface area contributed by atoms with Crippen molar-refractivity contribution in [3.63, 3.8) is 0 Å². The molecule has 0 aliphatic rings. The van der Waals surface area contributed by atoms with Gasteiger partial charge in [-0.15, -0.1) is 11.6 Å². The molecule has 1 heteroatoms. The van der Waals surface area contributed by atoms with Crippen LogP contribution in [0.2, 0.25) is 0 Å². The summed E-state index contributed by atoms with van der Waals surface area (Å²) in [7, 11) is 0. The summed E-state index contributed by atoms with van der Waals surface area (Å²) in [5.74, 6) is 1.62. The summed E-state index contributed by atoms with van der Waals surface area (Å²) in [5.41, 5.74) is 0. The third-order valence-corrected chi connectivity index (χ3v) is 5.20. The number of hydrogen-bond donors (Lipinski definition) is 0. The Morgan fingerprint density at radius 1 is 0.571 bits per heavy atom. The molecule has 0 nitrogen and oxygen atoms in total. The van der Waals surface area contributed by atoms with Crippen LogP contribution in [0.25, 0.3) is 0 Å². The minimum absolute atomic E-state index is 0.768. The minimum atomic E-state index is 0.768. The summed E-state index contributed by atoms with van der Waals surface area (Å²) >= 11 is 5.93. The van der Waals surface area contributed by atoms with E-state index in [0.717, 1.165) is 11.8 Å². The van der Waals surface area contributed by atoms with Crippen LogP contribution in [0, 0.1) is 5.92 Å². The van der Waals surface area contributed by atoms with Crippen LogP contribution in [0.3, 0.4) is 0 Å². The summed E-state index contributed by atoms with van der Waals surface area (Å²) in [5, 5.41) is 0. The lowest BCUT2D eigenvalue weighted by Gasteiger charge is -2.10. The van der Waals surface area contributed by atoms with Crippen molar-refractivity contribution in [2.24, 2.45) is 5.92 Å². The zero-order chi connectivity index (χ0) is 15.6. The van der Waals surface area contributed by atoms with Gasteiger partial charge in [0.15, 0.2) is 0 Å². The Balaban J connectivity index is 3.02. The predicted molar refractivity (Wildman–Crippen MR) is 99.4 cm³/mol. The maximum absolute atomic E-state index is 5.93. The van der Waals surface area contributed by atoms with E-state index in [2.05, 4.69) is 13.8 Å². The maximum Gasteiger partial charge on any atom is 0.0251 e. The summed E-state index contributed by atoms with van der Waals surface area (Å²) in [6.07, 6.45) is 22.8. The smallest absolute Gasteiger partial charge is 0.0251 e. The van der Waals surface area contributed by atoms with Gasteiger partial charge in [-0.25, -0.2) is 0 Å². The van der Waals surface area contributed by atoms with Crippen LogP contribution in [0.4, 0.5) is 0 Å². The molecule has 0 aliphatic carbocycles. The van der Waals surface area contributed by atoms with Gasteiger partial charge in [-0.2, -0.15) is 0 Å². The van der Waals surface area contributed by atoms with Crippen molar-refractivity contribution in [2.75, 3.05) is 5.88 Å².